The monoisotopic (exact) mass is 384 g/mol. The van der Waals surface area contributed by atoms with Crippen molar-refractivity contribution in [2.24, 2.45) is 0 Å². The summed E-state index contributed by atoms with van der Waals surface area (Å²) in [4.78, 5) is 24.7. The average molecular weight is 384 g/mol. The molecule has 0 radical (unpaired) electrons. The lowest BCUT2D eigenvalue weighted by atomic mass is 10.3. The van der Waals surface area contributed by atoms with Crippen LogP contribution >= 0.6 is 0 Å². The fourth-order valence-electron chi connectivity index (χ4n) is 2.44. The second kappa shape index (κ2) is 8.91. The molecule has 142 valence electrons. The number of rotatable bonds is 6. The van der Waals surface area contributed by atoms with E-state index in [1.807, 2.05) is 6.92 Å². The number of carbonyl (C=O) groups excluding carboxylic acids is 2. The van der Waals surface area contributed by atoms with Gasteiger partial charge in [0.2, 0.25) is 10.0 Å². The first-order chi connectivity index (χ1) is 12.3. The SMILES string of the molecule is CC/C=C/C(=O)OCC(=O)N1CCN(S(=O)(=O)c2cccc(F)c2)CC1. The Bertz CT molecular complexity index is 786. The van der Waals surface area contributed by atoms with Crippen LogP contribution in [0, 0.1) is 5.82 Å². The van der Waals surface area contributed by atoms with Crippen molar-refractivity contribution in [3.63, 3.8) is 0 Å². The molecule has 2 rings (SSSR count). The summed E-state index contributed by atoms with van der Waals surface area (Å²) in [7, 11) is -3.81. The van der Waals surface area contributed by atoms with Crippen LogP contribution < -0.4 is 0 Å². The van der Waals surface area contributed by atoms with Crippen molar-refractivity contribution in [1.29, 1.82) is 0 Å². The van der Waals surface area contributed by atoms with E-state index >= 15 is 0 Å². The molecule has 26 heavy (non-hydrogen) atoms. The Kier molecular flexibility index (Phi) is 6.87. The van der Waals surface area contributed by atoms with Gasteiger partial charge in [-0.2, -0.15) is 4.31 Å². The lowest BCUT2D eigenvalue weighted by Crippen LogP contribution is -2.51. The van der Waals surface area contributed by atoms with Crippen molar-refractivity contribution in [2.75, 3.05) is 32.8 Å². The third kappa shape index (κ3) is 5.12. The third-order valence-corrected chi connectivity index (χ3v) is 5.75. The Balaban J connectivity index is 1.89. The van der Waals surface area contributed by atoms with Crippen LogP contribution in [-0.4, -0.2) is 62.3 Å². The molecule has 0 atom stereocenters. The number of hydrogen-bond acceptors (Lipinski definition) is 5. The average Bonchev–Trinajstić information content (AvgIpc) is 2.64. The molecule has 7 nitrogen and oxygen atoms in total. The van der Waals surface area contributed by atoms with Gasteiger partial charge in [-0.05, 0) is 24.6 Å². The maximum absolute atomic E-state index is 13.3. The maximum atomic E-state index is 13.3. The summed E-state index contributed by atoms with van der Waals surface area (Å²) in [5.41, 5.74) is 0. The Hall–Kier alpha value is -2.26. The van der Waals surface area contributed by atoms with Crippen molar-refractivity contribution < 1.29 is 27.1 Å². The first-order valence-electron chi connectivity index (χ1n) is 8.21. The van der Waals surface area contributed by atoms with Crippen LogP contribution in [0.3, 0.4) is 0 Å². The second-order valence-electron chi connectivity index (χ2n) is 5.66. The summed E-state index contributed by atoms with van der Waals surface area (Å²) >= 11 is 0. The molecule has 1 aromatic carbocycles. The van der Waals surface area contributed by atoms with Gasteiger partial charge in [0.05, 0.1) is 4.90 Å². The van der Waals surface area contributed by atoms with E-state index in [0.717, 1.165) is 6.07 Å². The zero-order valence-corrected chi connectivity index (χ0v) is 15.2. The highest BCUT2D eigenvalue weighted by molar-refractivity contribution is 7.89. The highest BCUT2D eigenvalue weighted by atomic mass is 32.2. The quantitative estimate of drug-likeness (QED) is 0.543. The highest BCUT2D eigenvalue weighted by Gasteiger charge is 2.30. The van der Waals surface area contributed by atoms with Crippen LogP contribution in [0.5, 0.6) is 0 Å². The highest BCUT2D eigenvalue weighted by Crippen LogP contribution is 2.18. The predicted octanol–water partition coefficient (Wildman–Crippen LogP) is 1.17. The van der Waals surface area contributed by atoms with Gasteiger partial charge in [0.15, 0.2) is 6.61 Å². The van der Waals surface area contributed by atoms with Crippen LogP contribution in [0.4, 0.5) is 4.39 Å². The normalized spacial score (nSPS) is 16.0. The molecule has 0 aromatic heterocycles. The van der Waals surface area contributed by atoms with Gasteiger partial charge < -0.3 is 9.64 Å². The van der Waals surface area contributed by atoms with E-state index in [2.05, 4.69) is 0 Å². The largest absolute Gasteiger partial charge is 0.452 e. The Labute approximate surface area is 152 Å². The Morgan fingerprint density at radius 1 is 1.23 bits per heavy atom. The van der Waals surface area contributed by atoms with Crippen LogP contribution in [-0.2, 0) is 24.3 Å². The number of hydrogen-bond donors (Lipinski definition) is 0. The fourth-order valence-corrected chi connectivity index (χ4v) is 3.89. The van der Waals surface area contributed by atoms with Gasteiger partial charge in [-0.25, -0.2) is 17.6 Å². The van der Waals surface area contributed by atoms with Crippen molar-refractivity contribution in [3.8, 4) is 0 Å². The van der Waals surface area contributed by atoms with Gasteiger partial charge in [0.25, 0.3) is 5.91 Å². The lowest BCUT2D eigenvalue weighted by Gasteiger charge is -2.33. The van der Waals surface area contributed by atoms with Crippen LogP contribution in [0.25, 0.3) is 0 Å². The maximum Gasteiger partial charge on any atom is 0.330 e. The van der Waals surface area contributed by atoms with E-state index in [-0.39, 0.29) is 43.6 Å². The van der Waals surface area contributed by atoms with E-state index < -0.39 is 21.8 Å². The first-order valence-corrected chi connectivity index (χ1v) is 9.65. The second-order valence-corrected chi connectivity index (χ2v) is 7.60. The predicted molar refractivity (Wildman–Crippen MR) is 92.1 cm³/mol. The molecule has 0 aliphatic carbocycles. The summed E-state index contributed by atoms with van der Waals surface area (Å²) in [6.45, 7) is 2.02. The lowest BCUT2D eigenvalue weighted by molar-refractivity contribution is -0.148. The zero-order chi connectivity index (χ0) is 19.2. The summed E-state index contributed by atoms with van der Waals surface area (Å²) in [5.74, 6) is -1.60. The molecule has 0 N–H and O–H groups in total. The number of ether oxygens (including phenoxy) is 1. The standard InChI is InChI=1S/C17H21FN2O5S/c1-2-3-7-17(22)25-13-16(21)19-8-10-20(11-9-19)26(23,24)15-6-4-5-14(18)12-15/h3-7,12H,2,8-11,13H2,1H3/b7-3+. The number of allylic oxidation sites excluding steroid dienone is 1. The number of halogens is 1. The van der Waals surface area contributed by atoms with Gasteiger partial charge in [-0.3, -0.25) is 4.79 Å². The van der Waals surface area contributed by atoms with E-state index in [0.29, 0.717) is 6.42 Å². The molecular weight excluding hydrogens is 363 g/mol. The van der Waals surface area contributed by atoms with Crippen molar-refractivity contribution in [1.82, 2.24) is 9.21 Å². The summed E-state index contributed by atoms with van der Waals surface area (Å²) in [6.07, 6.45) is 3.57. The van der Waals surface area contributed by atoms with Crippen LogP contribution in [0.15, 0.2) is 41.3 Å². The molecular formula is C17H21FN2O5S. The third-order valence-electron chi connectivity index (χ3n) is 3.85. The molecule has 0 spiro atoms. The fraction of sp³-hybridized carbons (Fsp3) is 0.412. The van der Waals surface area contributed by atoms with Gasteiger partial charge in [0, 0.05) is 32.3 Å². The summed E-state index contributed by atoms with van der Waals surface area (Å²) in [6, 6.07) is 4.81. The number of sulfonamides is 1. The number of esters is 1. The molecule has 1 saturated heterocycles. The Morgan fingerprint density at radius 2 is 1.92 bits per heavy atom. The van der Waals surface area contributed by atoms with Gasteiger partial charge in [-0.15, -0.1) is 0 Å². The minimum Gasteiger partial charge on any atom is -0.452 e. The number of amides is 1. The smallest absolute Gasteiger partial charge is 0.330 e. The van der Waals surface area contributed by atoms with Crippen LogP contribution in [0.1, 0.15) is 13.3 Å². The van der Waals surface area contributed by atoms with Gasteiger partial charge in [-0.1, -0.05) is 19.1 Å². The molecule has 0 bridgehead atoms. The summed E-state index contributed by atoms with van der Waals surface area (Å²) < 4.78 is 44.4. The Morgan fingerprint density at radius 3 is 2.54 bits per heavy atom. The minimum absolute atomic E-state index is 0.0915. The van der Waals surface area contributed by atoms with Crippen LogP contribution in [0.2, 0.25) is 0 Å². The molecule has 1 amide bonds. The van der Waals surface area contributed by atoms with E-state index in [9.17, 15) is 22.4 Å². The molecule has 9 heteroatoms. The molecule has 0 saturated carbocycles. The number of piperazine rings is 1. The number of nitrogens with zero attached hydrogens (tertiary/aromatic N) is 2. The van der Waals surface area contributed by atoms with Crippen molar-refractivity contribution in [3.05, 3.63) is 42.2 Å². The summed E-state index contributed by atoms with van der Waals surface area (Å²) in [5, 5.41) is 0. The van der Waals surface area contributed by atoms with E-state index in [1.54, 1.807) is 6.08 Å². The number of benzene rings is 1. The van der Waals surface area contributed by atoms with Crippen molar-refractivity contribution >= 4 is 21.9 Å². The molecule has 1 aliphatic rings. The van der Waals surface area contributed by atoms with Crippen molar-refractivity contribution in [2.45, 2.75) is 18.2 Å². The topological polar surface area (TPSA) is 84.0 Å². The molecule has 0 unspecified atom stereocenters. The molecule has 1 fully saturated rings. The van der Waals surface area contributed by atoms with Gasteiger partial charge >= 0.3 is 5.97 Å². The zero-order valence-electron chi connectivity index (χ0n) is 14.4. The number of carbonyl (C=O) groups is 2. The van der Waals surface area contributed by atoms with E-state index in [1.165, 1.54) is 33.5 Å². The first kappa shape index (κ1) is 20.1. The molecule has 1 aliphatic heterocycles. The molecule has 1 heterocycles. The van der Waals surface area contributed by atoms with Gasteiger partial charge in [0.1, 0.15) is 5.82 Å². The minimum atomic E-state index is -3.81. The van der Waals surface area contributed by atoms with E-state index in [4.69, 9.17) is 4.74 Å². The molecule has 1 aromatic rings.